The molecule has 0 atom stereocenters. The van der Waals surface area contributed by atoms with E-state index < -0.39 is 23.9 Å². The average molecular weight is 293 g/mol. The quantitative estimate of drug-likeness (QED) is 0.340. The van der Waals surface area contributed by atoms with Gasteiger partial charge in [0.05, 0.1) is 11.9 Å². The Morgan fingerprint density at radius 3 is 0.867 bits per heavy atom. The maximum Gasteiger partial charge on any atom is 2.00 e. The Morgan fingerprint density at radius 1 is 0.733 bits per heavy atom. The van der Waals surface area contributed by atoms with Gasteiger partial charge >= 0.3 is 81.4 Å². The van der Waals surface area contributed by atoms with Gasteiger partial charge in [-0.25, -0.2) is 4.79 Å². The minimum absolute atomic E-state index is 0. The first-order valence-corrected chi connectivity index (χ1v) is 2.15. The molecule has 1 N–H and O–H groups in total. The molecule has 11 heteroatoms. The molecule has 0 rings (SSSR count). The smallest absolute Gasteiger partial charge is 1.00 e. The monoisotopic (exact) mass is 292 g/mol. The fourth-order valence-electron chi connectivity index (χ4n) is 0. The standard InChI is InChI=1S/2C2H2O4.2Ca.ClH/c2*3-1(4)2(5)6;;;/h2*(H,3,4)(H,5,6);;;1H/q;;2*+2;/p-4. The molecule has 0 fully saturated rings. The van der Waals surface area contributed by atoms with Crippen LogP contribution in [0.4, 0.5) is 0 Å². The van der Waals surface area contributed by atoms with E-state index in [1.54, 1.807) is 0 Å². The Bertz CT molecular complexity index is 181. The van der Waals surface area contributed by atoms with Crippen molar-refractivity contribution in [3.63, 3.8) is 0 Å². The van der Waals surface area contributed by atoms with Crippen LogP contribution in [0, 0.1) is 0 Å². The van der Waals surface area contributed by atoms with Crippen LogP contribution in [0.2, 0.25) is 0 Å². The Kier molecular flexibility index (Phi) is 33.8. The zero-order valence-corrected chi connectivity index (χ0v) is 12.3. The first-order chi connectivity index (χ1) is 5.29. The van der Waals surface area contributed by atoms with Gasteiger partial charge in [-0.05, 0) is 0 Å². The number of carbonyl (C=O) groups excluding carboxylic acids is 3. The van der Waals surface area contributed by atoms with Gasteiger partial charge < -0.3 is 47.2 Å². The predicted octanol–water partition coefficient (Wildman–Crippen LogP) is -9.45. The van der Waals surface area contributed by atoms with Crippen LogP contribution >= 0.6 is 0 Å². The van der Waals surface area contributed by atoms with Crippen LogP contribution in [0.3, 0.4) is 0 Å². The molecular weight excluding hydrogens is 292 g/mol. The van der Waals surface area contributed by atoms with E-state index in [1.807, 2.05) is 0 Å². The van der Waals surface area contributed by atoms with E-state index >= 15 is 0 Å². The molecular formula is C4HCa2ClO8. The predicted molar refractivity (Wildman–Crippen MR) is 34.2 cm³/mol. The number of aliphatic carboxylic acids is 4. The summed E-state index contributed by atoms with van der Waals surface area (Å²) in [6.07, 6.45) is 0. The second kappa shape index (κ2) is 17.1. The van der Waals surface area contributed by atoms with Gasteiger partial charge in [-0.15, -0.1) is 0 Å². The number of carboxylic acid groups (broad SMARTS) is 4. The van der Waals surface area contributed by atoms with E-state index in [9.17, 15) is 0 Å². The fourth-order valence-corrected chi connectivity index (χ4v) is 0. The van der Waals surface area contributed by atoms with Crippen molar-refractivity contribution in [2.75, 3.05) is 0 Å². The topological polar surface area (TPSA) is 158 Å². The van der Waals surface area contributed by atoms with E-state index in [4.69, 9.17) is 39.6 Å². The summed E-state index contributed by atoms with van der Waals surface area (Å²) in [5, 5.41) is 34.2. The summed E-state index contributed by atoms with van der Waals surface area (Å²) in [5.74, 6) is -8.38. The summed E-state index contributed by atoms with van der Waals surface area (Å²) in [6, 6.07) is 0. The molecule has 0 aliphatic carbocycles. The first kappa shape index (κ1) is 29.6. The zero-order valence-electron chi connectivity index (χ0n) is 7.10. The van der Waals surface area contributed by atoms with Crippen LogP contribution in [0.15, 0.2) is 0 Å². The van der Waals surface area contributed by atoms with E-state index in [-0.39, 0.29) is 87.9 Å². The third-order valence-electron chi connectivity index (χ3n) is 0.341. The van der Waals surface area contributed by atoms with Crippen molar-refractivity contribution in [1.82, 2.24) is 0 Å². The molecule has 0 radical (unpaired) electrons. The van der Waals surface area contributed by atoms with Gasteiger partial charge in [0.2, 0.25) is 0 Å². The summed E-state index contributed by atoms with van der Waals surface area (Å²) < 4.78 is 0. The van der Waals surface area contributed by atoms with E-state index in [1.165, 1.54) is 0 Å². The molecule has 0 spiro atoms. The van der Waals surface area contributed by atoms with Gasteiger partial charge in [-0.1, -0.05) is 0 Å². The molecule has 0 amide bonds. The molecule has 0 heterocycles. The van der Waals surface area contributed by atoms with Crippen LogP contribution in [-0.2, 0) is 19.2 Å². The number of carbonyl (C=O) groups is 4. The maximum absolute atomic E-state index is 9.04. The van der Waals surface area contributed by atoms with Crippen molar-refractivity contribution in [2.45, 2.75) is 0 Å². The zero-order chi connectivity index (χ0) is 10.3. The van der Waals surface area contributed by atoms with Gasteiger partial charge in [0.1, 0.15) is 0 Å². The largest absolute Gasteiger partial charge is 2.00 e. The molecule has 0 aromatic carbocycles. The summed E-state index contributed by atoms with van der Waals surface area (Å²) in [6.45, 7) is 0. The average Bonchev–Trinajstić information content (AvgIpc) is 1.88. The van der Waals surface area contributed by atoms with Gasteiger partial charge in [0.15, 0.2) is 5.97 Å². The Morgan fingerprint density at radius 2 is 0.867 bits per heavy atom. The van der Waals surface area contributed by atoms with Gasteiger partial charge in [0, 0.05) is 0 Å². The normalized spacial score (nSPS) is 5.87. The number of rotatable bonds is 0. The van der Waals surface area contributed by atoms with Crippen LogP contribution in [-0.4, -0.2) is 104 Å². The minimum atomic E-state index is -2.19. The van der Waals surface area contributed by atoms with E-state index in [2.05, 4.69) is 0 Å². The molecule has 0 aromatic heterocycles. The maximum atomic E-state index is 9.04. The number of halogens is 1. The summed E-state index contributed by atoms with van der Waals surface area (Å²) in [5.41, 5.74) is 0. The SMILES string of the molecule is O=C([O-])C(=O)O.O=C([O-])C(=O)[O-].[Ca+2].[Ca+2].[Cl-]. The molecule has 0 saturated carbocycles. The first-order valence-electron chi connectivity index (χ1n) is 2.15. The third kappa shape index (κ3) is 31.3. The van der Waals surface area contributed by atoms with Crippen LogP contribution in [0.25, 0.3) is 0 Å². The molecule has 0 aliphatic rings. The molecule has 0 unspecified atom stereocenters. The van der Waals surface area contributed by atoms with E-state index in [0.29, 0.717) is 0 Å². The Balaban J connectivity index is -0.0000000370. The summed E-state index contributed by atoms with van der Waals surface area (Å²) in [7, 11) is 0. The number of carboxylic acids is 4. The van der Waals surface area contributed by atoms with E-state index in [0.717, 1.165) is 0 Å². The van der Waals surface area contributed by atoms with Gasteiger partial charge in [-0.2, -0.15) is 0 Å². The van der Waals surface area contributed by atoms with Crippen molar-refractivity contribution in [3.05, 3.63) is 0 Å². The number of hydrogen-bond donors (Lipinski definition) is 1. The summed E-state index contributed by atoms with van der Waals surface area (Å²) >= 11 is 0. The van der Waals surface area contributed by atoms with Gasteiger partial charge in [0.25, 0.3) is 0 Å². The van der Waals surface area contributed by atoms with Crippen molar-refractivity contribution >= 4 is 99.4 Å². The molecule has 0 bridgehead atoms. The van der Waals surface area contributed by atoms with Crippen LogP contribution < -0.4 is 27.7 Å². The third-order valence-corrected chi connectivity index (χ3v) is 0.341. The molecule has 8 nitrogen and oxygen atoms in total. The minimum Gasteiger partial charge on any atom is -1.00 e. The summed E-state index contributed by atoms with van der Waals surface area (Å²) in [4.78, 5) is 35.9. The fraction of sp³-hybridized carbons (Fsp3) is 0. The molecule has 0 aliphatic heterocycles. The van der Waals surface area contributed by atoms with Crippen molar-refractivity contribution in [2.24, 2.45) is 0 Å². The van der Waals surface area contributed by atoms with Crippen molar-refractivity contribution < 1.29 is 52.0 Å². The second-order valence-corrected chi connectivity index (χ2v) is 1.17. The van der Waals surface area contributed by atoms with Crippen molar-refractivity contribution in [3.8, 4) is 0 Å². The Labute approximate surface area is 149 Å². The molecule has 0 aromatic rings. The molecule has 15 heavy (non-hydrogen) atoms. The molecule has 76 valence electrons. The Hall–Kier alpha value is 0.689. The molecule has 0 saturated heterocycles. The van der Waals surface area contributed by atoms with Crippen molar-refractivity contribution in [1.29, 1.82) is 0 Å². The van der Waals surface area contributed by atoms with Crippen LogP contribution in [0.1, 0.15) is 0 Å². The van der Waals surface area contributed by atoms with Crippen LogP contribution in [0.5, 0.6) is 0 Å². The second-order valence-electron chi connectivity index (χ2n) is 1.17. The van der Waals surface area contributed by atoms with Gasteiger partial charge in [-0.3, -0.25) is 0 Å². The number of hydrogen-bond acceptors (Lipinski definition) is 7.